The van der Waals surface area contributed by atoms with E-state index in [2.05, 4.69) is 22.0 Å². The Hall–Kier alpha value is -1.29. The molecule has 110 valence electrons. The number of benzene rings is 2. The van der Waals surface area contributed by atoms with Crippen molar-refractivity contribution >= 4 is 15.9 Å². The Kier molecular flexibility index (Phi) is 4.07. The van der Waals surface area contributed by atoms with Crippen molar-refractivity contribution in [3.8, 4) is 0 Å². The maximum Gasteiger partial charge on any atom is 0.194 e. The van der Waals surface area contributed by atoms with Crippen LogP contribution in [0.4, 0.5) is 13.2 Å². The number of hydrogen-bond acceptors (Lipinski definition) is 0. The van der Waals surface area contributed by atoms with E-state index in [4.69, 9.17) is 0 Å². The fraction of sp³-hybridized carbons (Fsp3) is 0.294. The van der Waals surface area contributed by atoms with Gasteiger partial charge in [0.2, 0.25) is 0 Å². The molecule has 0 radical (unpaired) electrons. The van der Waals surface area contributed by atoms with Crippen LogP contribution in [0.3, 0.4) is 0 Å². The van der Waals surface area contributed by atoms with Crippen molar-refractivity contribution in [2.24, 2.45) is 0 Å². The molecule has 0 bridgehead atoms. The summed E-state index contributed by atoms with van der Waals surface area (Å²) in [7, 11) is 0. The highest BCUT2D eigenvalue weighted by Gasteiger charge is 2.21. The molecule has 0 amide bonds. The largest absolute Gasteiger partial charge is 0.204 e. The second-order valence-corrected chi connectivity index (χ2v) is 6.28. The van der Waals surface area contributed by atoms with Crippen LogP contribution in [-0.4, -0.2) is 0 Å². The van der Waals surface area contributed by atoms with Crippen LogP contribution in [0.2, 0.25) is 0 Å². The summed E-state index contributed by atoms with van der Waals surface area (Å²) in [6, 6.07) is 8.25. The molecule has 21 heavy (non-hydrogen) atoms. The molecule has 3 rings (SSSR count). The maximum atomic E-state index is 13.9. The topological polar surface area (TPSA) is 0 Å². The Morgan fingerprint density at radius 3 is 2.33 bits per heavy atom. The molecule has 1 aliphatic carbocycles. The van der Waals surface area contributed by atoms with E-state index < -0.39 is 22.3 Å². The zero-order chi connectivity index (χ0) is 15.0. The van der Waals surface area contributed by atoms with Gasteiger partial charge >= 0.3 is 0 Å². The third kappa shape index (κ3) is 2.73. The zero-order valence-corrected chi connectivity index (χ0v) is 12.9. The van der Waals surface area contributed by atoms with Gasteiger partial charge in [-0.3, -0.25) is 0 Å². The predicted octanol–water partition coefficient (Wildman–Crippen LogP) is 5.47. The monoisotopic (exact) mass is 354 g/mol. The van der Waals surface area contributed by atoms with Crippen LogP contribution in [0, 0.1) is 17.5 Å². The van der Waals surface area contributed by atoms with E-state index in [0.29, 0.717) is 0 Å². The van der Waals surface area contributed by atoms with Crippen LogP contribution < -0.4 is 0 Å². The van der Waals surface area contributed by atoms with Crippen molar-refractivity contribution in [1.82, 2.24) is 0 Å². The third-order valence-electron chi connectivity index (χ3n) is 4.00. The van der Waals surface area contributed by atoms with E-state index >= 15 is 0 Å². The van der Waals surface area contributed by atoms with Gasteiger partial charge in [-0.15, -0.1) is 0 Å². The van der Waals surface area contributed by atoms with E-state index in [9.17, 15) is 13.2 Å². The minimum atomic E-state index is -1.42. The molecule has 0 spiro atoms. The number of fused-ring (bicyclic) bond motifs is 1. The zero-order valence-electron chi connectivity index (χ0n) is 11.3. The van der Waals surface area contributed by atoms with Gasteiger partial charge in [-0.25, -0.2) is 13.2 Å². The molecule has 0 saturated carbocycles. The quantitative estimate of drug-likeness (QED) is 0.495. The second kappa shape index (κ2) is 5.84. The molecular formula is C17H14BrF3. The normalized spacial score (nSPS) is 15.6. The molecule has 0 aromatic heterocycles. The van der Waals surface area contributed by atoms with E-state index in [1.54, 1.807) is 0 Å². The molecule has 0 aliphatic heterocycles. The maximum absolute atomic E-state index is 13.9. The molecule has 0 fully saturated rings. The molecule has 0 nitrogen and oxygen atoms in total. The van der Waals surface area contributed by atoms with Gasteiger partial charge in [-0.2, -0.15) is 0 Å². The molecule has 1 aliphatic rings. The minimum absolute atomic E-state index is 0.115. The number of alkyl halides is 1. The van der Waals surface area contributed by atoms with Crippen LogP contribution in [-0.2, 0) is 12.8 Å². The number of aryl methyl sites for hydroxylation is 2. The Morgan fingerprint density at radius 2 is 1.57 bits per heavy atom. The molecule has 4 heteroatoms. The molecule has 0 heterocycles. The standard InChI is InChI=1S/C17H14BrF3/c18-15(13-7-8-14(19)17(21)16(13)20)12-6-5-10-3-1-2-4-11(10)9-12/h5-9,15H,1-4H2. The highest BCUT2D eigenvalue weighted by Crippen LogP contribution is 2.35. The average molecular weight is 355 g/mol. The second-order valence-electron chi connectivity index (χ2n) is 5.36. The summed E-state index contributed by atoms with van der Waals surface area (Å²) in [6.45, 7) is 0. The van der Waals surface area contributed by atoms with Crippen molar-refractivity contribution < 1.29 is 13.2 Å². The Bertz CT molecular complexity index is 682. The van der Waals surface area contributed by atoms with Gasteiger partial charge in [0.1, 0.15) is 0 Å². The first-order valence-corrected chi connectivity index (χ1v) is 7.88. The molecule has 1 atom stereocenters. The summed E-state index contributed by atoms with van der Waals surface area (Å²) in [5.74, 6) is -3.72. The average Bonchev–Trinajstić information content (AvgIpc) is 2.52. The van der Waals surface area contributed by atoms with Crippen LogP contribution in [0.25, 0.3) is 0 Å². The number of hydrogen-bond donors (Lipinski definition) is 0. The molecule has 1 unspecified atom stereocenters. The summed E-state index contributed by atoms with van der Waals surface area (Å²) in [6.07, 6.45) is 4.44. The van der Waals surface area contributed by atoms with Crippen LogP contribution in [0.15, 0.2) is 30.3 Å². The molecular weight excluding hydrogens is 341 g/mol. The van der Waals surface area contributed by atoms with E-state index in [1.807, 2.05) is 12.1 Å². The van der Waals surface area contributed by atoms with Crippen molar-refractivity contribution in [2.45, 2.75) is 30.5 Å². The van der Waals surface area contributed by atoms with Gasteiger partial charge in [0, 0.05) is 5.56 Å². The molecule has 2 aromatic carbocycles. The summed E-state index contributed by atoms with van der Waals surface area (Å²) in [5, 5.41) is 0. The van der Waals surface area contributed by atoms with Gasteiger partial charge in [-0.05, 0) is 48.4 Å². The van der Waals surface area contributed by atoms with Crippen molar-refractivity contribution in [1.29, 1.82) is 0 Å². The lowest BCUT2D eigenvalue weighted by molar-refractivity contribution is 0.442. The van der Waals surface area contributed by atoms with Gasteiger partial charge in [0.05, 0.1) is 4.83 Å². The third-order valence-corrected chi connectivity index (χ3v) is 5.03. The fourth-order valence-electron chi connectivity index (χ4n) is 2.83. The molecule has 0 N–H and O–H groups in total. The summed E-state index contributed by atoms with van der Waals surface area (Å²) >= 11 is 3.40. The first-order chi connectivity index (χ1) is 10.1. The molecule has 2 aromatic rings. The van der Waals surface area contributed by atoms with Crippen LogP contribution >= 0.6 is 15.9 Å². The van der Waals surface area contributed by atoms with Gasteiger partial charge in [0.15, 0.2) is 17.5 Å². The number of rotatable bonds is 2. The van der Waals surface area contributed by atoms with E-state index in [1.165, 1.54) is 23.6 Å². The molecule has 0 saturated heterocycles. The first-order valence-electron chi connectivity index (χ1n) is 6.97. The summed E-state index contributed by atoms with van der Waals surface area (Å²) in [5.41, 5.74) is 3.58. The van der Waals surface area contributed by atoms with Gasteiger partial charge in [-0.1, -0.05) is 40.2 Å². The smallest absolute Gasteiger partial charge is 0.194 e. The van der Waals surface area contributed by atoms with E-state index in [-0.39, 0.29) is 5.56 Å². The lowest BCUT2D eigenvalue weighted by atomic mass is 9.89. The Morgan fingerprint density at radius 1 is 0.857 bits per heavy atom. The highest BCUT2D eigenvalue weighted by molar-refractivity contribution is 9.09. The van der Waals surface area contributed by atoms with Gasteiger partial charge in [0.25, 0.3) is 0 Å². The highest BCUT2D eigenvalue weighted by atomic mass is 79.9. The Labute approximate surface area is 130 Å². The van der Waals surface area contributed by atoms with Crippen LogP contribution in [0.5, 0.6) is 0 Å². The predicted molar refractivity (Wildman–Crippen MR) is 80.2 cm³/mol. The van der Waals surface area contributed by atoms with E-state index in [0.717, 1.165) is 30.9 Å². The summed E-state index contributed by atoms with van der Waals surface area (Å²) < 4.78 is 40.3. The lowest BCUT2D eigenvalue weighted by Gasteiger charge is -2.19. The van der Waals surface area contributed by atoms with Gasteiger partial charge < -0.3 is 0 Å². The lowest BCUT2D eigenvalue weighted by Crippen LogP contribution is -2.06. The SMILES string of the molecule is Fc1ccc(C(Br)c2ccc3c(c2)CCCC3)c(F)c1F. The number of halogens is 4. The first kappa shape index (κ1) is 14.6. The van der Waals surface area contributed by atoms with Crippen molar-refractivity contribution in [3.05, 3.63) is 70.0 Å². The fourth-order valence-corrected chi connectivity index (χ4v) is 3.47. The Balaban J connectivity index is 1.99. The minimum Gasteiger partial charge on any atom is -0.204 e. The summed E-state index contributed by atoms with van der Waals surface area (Å²) in [4.78, 5) is -0.486. The van der Waals surface area contributed by atoms with Crippen molar-refractivity contribution in [2.75, 3.05) is 0 Å². The van der Waals surface area contributed by atoms with Crippen molar-refractivity contribution in [3.63, 3.8) is 0 Å². The van der Waals surface area contributed by atoms with Crippen LogP contribution in [0.1, 0.15) is 39.9 Å².